The quantitative estimate of drug-likeness (QED) is 0.692. The highest BCUT2D eigenvalue weighted by Crippen LogP contribution is 2.24. The van der Waals surface area contributed by atoms with Crippen molar-refractivity contribution in [1.82, 2.24) is 9.97 Å². The second kappa shape index (κ2) is 8.19. The van der Waals surface area contributed by atoms with E-state index in [4.69, 9.17) is 10.5 Å². The van der Waals surface area contributed by atoms with Gasteiger partial charge in [0.2, 0.25) is 5.95 Å². The molecule has 2 aromatic rings. The summed E-state index contributed by atoms with van der Waals surface area (Å²) in [6.07, 6.45) is 3.34. The van der Waals surface area contributed by atoms with Crippen molar-refractivity contribution < 1.29 is 9.84 Å². The molecule has 0 bridgehead atoms. The van der Waals surface area contributed by atoms with Gasteiger partial charge >= 0.3 is 0 Å². The van der Waals surface area contributed by atoms with Gasteiger partial charge in [-0.05, 0) is 12.0 Å². The van der Waals surface area contributed by atoms with Crippen molar-refractivity contribution in [2.45, 2.75) is 32.4 Å². The molecule has 0 aliphatic heterocycles. The minimum absolute atomic E-state index is 0.0237. The predicted octanol–water partition coefficient (Wildman–Crippen LogP) is 2.21. The summed E-state index contributed by atoms with van der Waals surface area (Å²) < 4.78 is 5.78. The van der Waals surface area contributed by atoms with Crippen molar-refractivity contribution in [2.75, 3.05) is 17.7 Å². The lowest BCUT2D eigenvalue weighted by Gasteiger charge is -2.18. The maximum Gasteiger partial charge on any atom is 0.222 e. The number of hydrogen-bond donors (Lipinski definition) is 3. The Bertz CT molecular complexity index is 578. The molecular weight excluding hydrogens is 280 g/mol. The van der Waals surface area contributed by atoms with Crippen molar-refractivity contribution in [3.05, 3.63) is 42.1 Å². The Morgan fingerprint density at radius 3 is 2.77 bits per heavy atom. The Hall–Kier alpha value is -2.34. The molecule has 0 unspecified atom stereocenters. The largest absolute Gasteiger partial charge is 0.483 e. The number of rotatable bonds is 8. The van der Waals surface area contributed by atoms with E-state index in [1.54, 1.807) is 6.20 Å². The van der Waals surface area contributed by atoms with Crippen LogP contribution >= 0.6 is 0 Å². The number of nitrogen functional groups attached to an aromatic ring is 1. The number of nitrogens with one attached hydrogen (secondary N) is 1. The summed E-state index contributed by atoms with van der Waals surface area (Å²) in [5.41, 5.74) is 6.70. The minimum atomic E-state index is -0.0848. The number of aromatic nitrogens is 2. The molecule has 22 heavy (non-hydrogen) atoms. The Balaban J connectivity index is 2.09. The molecule has 118 valence electrons. The Kier molecular flexibility index (Phi) is 5.97. The lowest BCUT2D eigenvalue weighted by molar-refractivity contribution is 0.266. The number of ether oxygens (including phenoxy) is 1. The van der Waals surface area contributed by atoms with Crippen LogP contribution in [0.25, 0.3) is 0 Å². The first-order valence-electron chi connectivity index (χ1n) is 7.39. The van der Waals surface area contributed by atoms with Gasteiger partial charge < -0.3 is 20.9 Å². The molecule has 2 rings (SSSR count). The fraction of sp³-hybridized carbons (Fsp3) is 0.375. The number of anilines is 2. The zero-order valence-electron chi connectivity index (χ0n) is 12.7. The highest BCUT2D eigenvalue weighted by molar-refractivity contribution is 5.51. The predicted molar refractivity (Wildman–Crippen MR) is 86.6 cm³/mol. The highest BCUT2D eigenvalue weighted by Gasteiger charge is 2.13. The van der Waals surface area contributed by atoms with Crippen LogP contribution in [0.5, 0.6) is 5.75 Å². The first-order chi connectivity index (χ1) is 10.7. The van der Waals surface area contributed by atoms with E-state index in [9.17, 15) is 5.11 Å². The van der Waals surface area contributed by atoms with Gasteiger partial charge in [-0.25, -0.2) is 4.98 Å². The van der Waals surface area contributed by atoms with E-state index in [0.717, 1.165) is 18.4 Å². The van der Waals surface area contributed by atoms with E-state index in [1.165, 1.54) is 0 Å². The smallest absolute Gasteiger partial charge is 0.222 e. The summed E-state index contributed by atoms with van der Waals surface area (Å²) in [6, 6.07) is 9.76. The van der Waals surface area contributed by atoms with Crippen LogP contribution in [0.2, 0.25) is 0 Å². The van der Waals surface area contributed by atoms with Crippen LogP contribution in [0.4, 0.5) is 11.8 Å². The van der Waals surface area contributed by atoms with E-state index in [1.807, 2.05) is 30.3 Å². The molecule has 1 atom stereocenters. The molecule has 4 N–H and O–H groups in total. The molecular formula is C16H22N4O2. The number of aliphatic hydroxyl groups is 1. The van der Waals surface area contributed by atoms with Gasteiger partial charge in [0.15, 0.2) is 11.6 Å². The molecule has 0 saturated heterocycles. The molecule has 0 amide bonds. The summed E-state index contributed by atoms with van der Waals surface area (Å²) in [4.78, 5) is 8.15. The average Bonchev–Trinajstić information content (AvgIpc) is 2.54. The van der Waals surface area contributed by atoms with E-state index in [2.05, 4.69) is 22.2 Å². The second-order valence-electron chi connectivity index (χ2n) is 5.03. The van der Waals surface area contributed by atoms with Crippen LogP contribution in [-0.2, 0) is 6.61 Å². The third-order valence-electron chi connectivity index (χ3n) is 3.21. The van der Waals surface area contributed by atoms with Crippen LogP contribution in [0, 0.1) is 0 Å². The maximum absolute atomic E-state index is 9.41. The molecule has 0 spiro atoms. The van der Waals surface area contributed by atoms with E-state index in [-0.39, 0.29) is 18.6 Å². The Morgan fingerprint density at radius 2 is 2.09 bits per heavy atom. The number of benzene rings is 1. The van der Waals surface area contributed by atoms with Crippen LogP contribution in [0.3, 0.4) is 0 Å². The molecule has 6 nitrogen and oxygen atoms in total. The van der Waals surface area contributed by atoms with Gasteiger partial charge in [0.05, 0.1) is 18.8 Å². The fourth-order valence-corrected chi connectivity index (χ4v) is 2.08. The van der Waals surface area contributed by atoms with E-state index >= 15 is 0 Å². The van der Waals surface area contributed by atoms with Gasteiger partial charge in [-0.2, -0.15) is 4.98 Å². The SMILES string of the molecule is CCC[C@@H](CO)Nc1nc(N)ncc1OCc1ccccc1. The topological polar surface area (TPSA) is 93.3 Å². The van der Waals surface area contributed by atoms with Crippen LogP contribution in [-0.4, -0.2) is 27.7 Å². The molecule has 0 fully saturated rings. The van der Waals surface area contributed by atoms with Crippen molar-refractivity contribution in [2.24, 2.45) is 0 Å². The second-order valence-corrected chi connectivity index (χ2v) is 5.03. The Labute approximate surface area is 130 Å². The van der Waals surface area contributed by atoms with E-state index in [0.29, 0.717) is 18.2 Å². The first-order valence-corrected chi connectivity index (χ1v) is 7.39. The summed E-state index contributed by atoms with van der Waals surface area (Å²) in [5, 5.41) is 12.6. The molecule has 0 aliphatic carbocycles. The number of nitrogens with zero attached hydrogens (tertiary/aromatic N) is 2. The Morgan fingerprint density at radius 1 is 1.32 bits per heavy atom. The van der Waals surface area contributed by atoms with Gasteiger partial charge in [0, 0.05) is 0 Å². The molecule has 1 heterocycles. The average molecular weight is 302 g/mol. The van der Waals surface area contributed by atoms with Gasteiger partial charge in [-0.3, -0.25) is 0 Å². The molecule has 1 aromatic heterocycles. The van der Waals surface area contributed by atoms with Crippen molar-refractivity contribution >= 4 is 11.8 Å². The number of aliphatic hydroxyl groups excluding tert-OH is 1. The van der Waals surface area contributed by atoms with Crippen molar-refractivity contribution in [3.63, 3.8) is 0 Å². The fourth-order valence-electron chi connectivity index (χ4n) is 2.08. The minimum Gasteiger partial charge on any atom is -0.483 e. The zero-order chi connectivity index (χ0) is 15.8. The van der Waals surface area contributed by atoms with Crippen molar-refractivity contribution in [3.8, 4) is 5.75 Å². The maximum atomic E-state index is 9.41. The van der Waals surface area contributed by atoms with Crippen LogP contribution in [0.1, 0.15) is 25.3 Å². The molecule has 6 heteroatoms. The van der Waals surface area contributed by atoms with Crippen LogP contribution < -0.4 is 15.8 Å². The van der Waals surface area contributed by atoms with Crippen LogP contribution in [0.15, 0.2) is 36.5 Å². The lowest BCUT2D eigenvalue weighted by Crippen LogP contribution is -2.24. The summed E-state index contributed by atoms with van der Waals surface area (Å²) in [5.74, 6) is 1.20. The first kappa shape index (κ1) is 16.0. The van der Waals surface area contributed by atoms with E-state index < -0.39 is 0 Å². The molecule has 0 radical (unpaired) electrons. The number of hydrogen-bond acceptors (Lipinski definition) is 6. The standard InChI is InChI=1S/C16H22N4O2/c1-2-6-13(10-21)19-15-14(9-18-16(17)20-15)22-11-12-7-4-3-5-8-12/h3-5,7-9,13,21H,2,6,10-11H2,1H3,(H3,17,18,19,20)/t13-/m0/s1. The van der Waals surface area contributed by atoms with Gasteiger partial charge in [0.1, 0.15) is 6.61 Å². The van der Waals surface area contributed by atoms with Gasteiger partial charge in [0.25, 0.3) is 0 Å². The highest BCUT2D eigenvalue weighted by atomic mass is 16.5. The monoisotopic (exact) mass is 302 g/mol. The summed E-state index contributed by atoms with van der Waals surface area (Å²) in [6.45, 7) is 2.50. The lowest BCUT2D eigenvalue weighted by atomic mass is 10.2. The third kappa shape index (κ3) is 4.60. The van der Waals surface area contributed by atoms with Gasteiger partial charge in [-0.1, -0.05) is 43.7 Å². The van der Waals surface area contributed by atoms with Crippen molar-refractivity contribution in [1.29, 1.82) is 0 Å². The molecule has 0 saturated carbocycles. The van der Waals surface area contributed by atoms with Gasteiger partial charge in [-0.15, -0.1) is 0 Å². The molecule has 1 aromatic carbocycles. The zero-order valence-corrected chi connectivity index (χ0v) is 12.7. The number of nitrogens with two attached hydrogens (primary N) is 1. The summed E-state index contributed by atoms with van der Waals surface area (Å²) in [7, 11) is 0. The molecule has 0 aliphatic rings. The normalized spacial score (nSPS) is 11.9. The third-order valence-corrected chi connectivity index (χ3v) is 3.21. The summed E-state index contributed by atoms with van der Waals surface area (Å²) >= 11 is 0.